The molecule has 0 aliphatic carbocycles. The summed E-state index contributed by atoms with van der Waals surface area (Å²) in [6.07, 6.45) is 5.18. The fourth-order valence-corrected chi connectivity index (χ4v) is 3.18. The van der Waals surface area contributed by atoms with E-state index in [9.17, 15) is 4.79 Å². The van der Waals surface area contributed by atoms with E-state index in [0.29, 0.717) is 23.1 Å². The first-order valence-electron chi connectivity index (χ1n) is 9.70. The number of aryl methyl sites for hydroxylation is 1. The van der Waals surface area contributed by atoms with Crippen LogP contribution in [0.1, 0.15) is 21.5 Å². The van der Waals surface area contributed by atoms with Crippen molar-refractivity contribution in [1.29, 1.82) is 0 Å². The molecule has 162 valence electrons. The molecule has 0 unspecified atom stereocenters. The van der Waals surface area contributed by atoms with E-state index in [2.05, 4.69) is 25.6 Å². The smallest absolute Gasteiger partial charge is 0.255 e. The lowest BCUT2D eigenvalue weighted by atomic mass is 10.1. The van der Waals surface area contributed by atoms with Crippen molar-refractivity contribution < 1.29 is 4.79 Å². The number of rotatable bonds is 6. The van der Waals surface area contributed by atoms with Crippen molar-refractivity contribution in [1.82, 2.24) is 15.0 Å². The second kappa shape index (κ2) is 10.7. The second-order valence-electron chi connectivity index (χ2n) is 6.95. The standard InChI is InChI=1S/C24H20ClN5O.ClH/c1-16-4-9-20(28-23(31)18-7-5-17(14-25)6-8-18)13-22(16)30-24-27-12-10-21(29-24)19-3-2-11-26-15-19;/h2-13,15H,14H2,1H3,(H,28,31)(H,27,29,30);1H. The molecule has 4 rings (SSSR count). The van der Waals surface area contributed by atoms with Crippen LogP contribution in [0.4, 0.5) is 17.3 Å². The largest absolute Gasteiger partial charge is 0.324 e. The highest BCUT2D eigenvalue weighted by Gasteiger charge is 2.09. The van der Waals surface area contributed by atoms with Gasteiger partial charge in [-0.15, -0.1) is 24.0 Å². The summed E-state index contributed by atoms with van der Waals surface area (Å²) in [4.78, 5) is 25.6. The summed E-state index contributed by atoms with van der Waals surface area (Å²) in [5.41, 5.74) is 5.69. The van der Waals surface area contributed by atoms with Crippen LogP contribution in [0, 0.1) is 6.92 Å². The van der Waals surface area contributed by atoms with Gasteiger partial charge in [0.05, 0.1) is 5.69 Å². The number of nitrogens with one attached hydrogen (secondary N) is 2. The van der Waals surface area contributed by atoms with Crippen LogP contribution in [0.25, 0.3) is 11.3 Å². The number of alkyl halides is 1. The summed E-state index contributed by atoms with van der Waals surface area (Å²) in [7, 11) is 0. The number of anilines is 3. The molecule has 2 heterocycles. The monoisotopic (exact) mass is 465 g/mol. The summed E-state index contributed by atoms with van der Waals surface area (Å²) in [5, 5.41) is 6.17. The lowest BCUT2D eigenvalue weighted by Crippen LogP contribution is -2.12. The van der Waals surface area contributed by atoms with Gasteiger partial charge in [-0.05, 0) is 60.5 Å². The van der Waals surface area contributed by atoms with Crippen LogP contribution in [0.2, 0.25) is 0 Å². The zero-order valence-corrected chi connectivity index (χ0v) is 18.8. The molecule has 32 heavy (non-hydrogen) atoms. The number of halogens is 2. The number of hydrogen-bond donors (Lipinski definition) is 2. The molecule has 0 aliphatic heterocycles. The quantitative estimate of drug-likeness (QED) is 0.341. The number of pyridine rings is 1. The molecule has 6 nitrogen and oxygen atoms in total. The van der Waals surface area contributed by atoms with Crippen molar-refractivity contribution >= 4 is 47.2 Å². The molecule has 0 atom stereocenters. The Balaban J connectivity index is 0.00000289. The molecule has 2 aromatic carbocycles. The van der Waals surface area contributed by atoms with Crippen LogP contribution in [-0.4, -0.2) is 20.9 Å². The number of amides is 1. The minimum Gasteiger partial charge on any atom is -0.324 e. The van der Waals surface area contributed by atoms with Crippen LogP contribution in [-0.2, 0) is 5.88 Å². The van der Waals surface area contributed by atoms with Crippen LogP contribution >= 0.6 is 24.0 Å². The Hall–Kier alpha value is -3.48. The molecule has 8 heteroatoms. The lowest BCUT2D eigenvalue weighted by molar-refractivity contribution is 0.102. The molecule has 0 aliphatic rings. The molecule has 0 saturated heterocycles. The second-order valence-corrected chi connectivity index (χ2v) is 7.21. The highest BCUT2D eigenvalue weighted by atomic mass is 35.5. The third kappa shape index (κ3) is 5.60. The third-order valence-corrected chi connectivity index (χ3v) is 5.03. The first kappa shape index (κ1) is 23.2. The third-order valence-electron chi connectivity index (χ3n) is 4.73. The van der Waals surface area contributed by atoms with Gasteiger partial charge in [0.2, 0.25) is 5.95 Å². The molecule has 2 N–H and O–H groups in total. The van der Waals surface area contributed by atoms with Crippen molar-refractivity contribution in [2.75, 3.05) is 10.6 Å². The zero-order chi connectivity index (χ0) is 21.6. The number of carbonyl (C=O) groups excluding carboxylic acids is 1. The maximum absolute atomic E-state index is 12.6. The Morgan fingerprint density at radius 2 is 1.84 bits per heavy atom. The lowest BCUT2D eigenvalue weighted by Gasteiger charge is -2.12. The SMILES string of the molecule is Cc1ccc(NC(=O)c2ccc(CCl)cc2)cc1Nc1nccc(-c2cccnc2)n1.Cl. The van der Waals surface area contributed by atoms with Crippen LogP contribution < -0.4 is 10.6 Å². The summed E-state index contributed by atoms with van der Waals surface area (Å²) in [6, 6.07) is 18.5. The number of carbonyl (C=O) groups is 1. The topological polar surface area (TPSA) is 79.8 Å². The fraction of sp³-hybridized carbons (Fsp3) is 0.0833. The summed E-state index contributed by atoms with van der Waals surface area (Å²) in [6.45, 7) is 1.98. The van der Waals surface area contributed by atoms with E-state index in [1.54, 1.807) is 30.7 Å². The van der Waals surface area contributed by atoms with E-state index >= 15 is 0 Å². The Morgan fingerprint density at radius 3 is 2.56 bits per heavy atom. The van der Waals surface area contributed by atoms with Gasteiger partial charge in [-0.1, -0.05) is 18.2 Å². The maximum atomic E-state index is 12.6. The summed E-state index contributed by atoms with van der Waals surface area (Å²) in [5.74, 6) is 0.689. The molecule has 2 aromatic heterocycles. The minimum absolute atomic E-state index is 0. The van der Waals surface area contributed by atoms with Crippen molar-refractivity contribution in [2.45, 2.75) is 12.8 Å². The van der Waals surface area contributed by atoms with E-state index in [0.717, 1.165) is 28.1 Å². The van der Waals surface area contributed by atoms with E-state index in [1.807, 2.05) is 55.5 Å². The van der Waals surface area contributed by atoms with Gasteiger partial charge >= 0.3 is 0 Å². The van der Waals surface area contributed by atoms with E-state index in [4.69, 9.17) is 11.6 Å². The first-order valence-corrected chi connectivity index (χ1v) is 10.2. The molecule has 0 radical (unpaired) electrons. The molecule has 0 spiro atoms. The van der Waals surface area contributed by atoms with Crippen molar-refractivity contribution in [2.24, 2.45) is 0 Å². The Kier molecular flexibility index (Phi) is 7.76. The number of benzene rings is 2. The molecule has 0 bridgehead atoms. The van der Waals surface area contributed by atoms with Gasteiger partial charge in [0, 0.05) is 47.0 Å². The van der Waals surface area contributed by atoms with Gasteiger partial charge < -0.3 is 10.6 Å². The highest BCUT2D eigenvalue weighted by molar-refractivity contribution is 6.17. The molecule has 0 saturated carbocycles. The fourth-order valence-electron chi connectivity index (χ4n) is 3.00. The van der Waals surface area contributed by atoms with Gasteiger partial charge in [0.1, 0.15) is 0 Å². The van der Waals surface area contributed by atoms with Gasteiger partial charge in [0.25, 0.3) is 5.91 Å². The normalized spacial score (nSPS) is 10.2. The van der Waals surface area contributed by atoms with Crippen LogP contribution in [0.15, 0.2) is 79.3 Å². The predicted molar refractivity (Wildman–Crippen MR) is 131 cm³/mol. The molecule has 4 aromatic rings. The van der Waals surface area contributed by atoms with Crippen molar-refractivity contribution in [3.05, 3.63) is 95.9 Å². The summed E-state index contributed by atoms with van der Waals surface area (Å²) < 4.78 is 0. The molecule has 1 amide bonds. The first-order chi connectivity index (χ1) is 15.1. The average molecular weight is 466 g/mol. The number of nitrogens with zero attached hydrogens (tertiary/aromatic N) is 3. The maximum Gasteiger partial charge on any atom is 0.255 e. The van der Waals surface area contributed by atoms with Crippen LogP contribution in [0.3, 0.4) is 0 Å². The number of aromatic nitrogens is 3. The van der Waals surface area contributed by atoms with E-state index < -0.39 is 0 Å². The van der Waals surface area contributed by atoms with Gasteiger partial charge in [-0.2, -0.15) is 0 Å². The predicted octanol–water partition coefficient (Wildman–Crippen LogP) is 6.00. The van der Waals surface area contributed by atoms with Crippen LogP contribution in [0.5, 0.6) is 0 Å². The average Bonchev–Trinajstić information content (AvgIpc) is 2.82. The zero-order valence-electron chi connectivity index (χ0n) is 17.2. The van der Waals surface area contributed by atoms with Gasteiger partial charge in [0.15, 0.2) is 0 Å². The molecule has 0 fully saturated rings. The summed E-state index contributed by atoms with van der Waals surface area (Å²) >= 11 is 5.81. The molecular weight excluding hydrogens is 445 g/mol. The van der Waals surface area contributed by atoms with E-state index in [-0.39, 0.29) is 18.3 Å². The van der Waals surface area contributed by atoms with E-state index in [1.165, 1.54) is 0 Å². The van der Waals surface area contributed by atoms with Crippen molar-refractivity contribution in [3.8, 4) is 11.3 Å². The van der Waals surface area contributed by atoms with Gasteiger partial charge in [-0.3, -0.25) is 9.78 Å². The van der Waals surface area contributed by atoms with Gasteiger partial charge in [-0.25, -0.2) is 9.97 Å². The Labute approximate surface area is 197 Å². The highest BCUT2D eigenvalue weighted by Crippen LogP contribution is 2.24. The Morgan fingerprint density at radius 1 is 1.03 bits per heavy atom. The minimum atomic E-state index is -0.189. The molecular formula is C24H21Cl2N5O. The Bertz CT molecular complexity index is 1200. The van der Waals surface area contributed by atoms with Crippen molar-refractivity contribution in [3.63, 3.8) is 0 Å². The number of hydrogen-bond acceptors (Lipinski definition) is 5.